The van der Waals surface area contributed by atoms with Crippen LogP contribution in [0.3, 0.4) is 0 Å². The van der Waals surface area contributed by atoms with E-state index in [1.165, 1.54) is 18.9 Å². The third kappa shape index (κ3) is 4.26. The Balaban J connectivity index is 1.68. The first-order valence-corrected chi connectivity index (χ1v) is 11.7. The van der Waals surface area contributed by atoms with Gasteiger partial charge in [0.15, 0.2) is 5.17 Å². The lowest BCUT2D eigenvalue weighted by atomic mass is 9.94. The summed E-state index contributed by atoms with van der Waals surface area (Å²) in [5.41, 5.74) is 2.83. The number of thioether (sulfide) groups is 1. The van der Waals surface area contributed by atoms with Crippen molar-refractivity contribution in [1.29, 1.82) is 0 Å². The molecule has 0 N–H and O–H groups in total. The topological polar surface area (TPSA) is 62.2 Å². The normalized spacial score (nSPS) is 23.4. The Labute approximate surface area is 192 Å². The lowest BCUT2D eigenvalue weighted by molar-refractivity contribution is -0.136. The maximum absolute atomic E-state index is 13.2. The van der Waals surface area contributed by atoms with Crippen molar-refractivity contribution in [2.45, 2.75) is 51.6 Å². The van der Waals surface area contributed by atoms with Gasteiger partial charge in [0, 0.05) is 23.3 Å². The number of amidine groups is 1. The van der Waals surface area contributed by atoms with Gasteiger partial charge < -0.3 is 14.5 Å². The van der Waals surface area contributed by atoms with Crippen LogP contribution in [0.1, 0.15) is 51.1 Å². The van der Waals surface area contributed by atoms with Gasteiger partial charge in [-0.3, -0.25) is 4.79 Å². The molecule has 6 nitrogen and oxygen atoms in total. The minimum atomic E-state index is -0.426. The molecule has 0 aliphatic carbocycles. The highest BCUT2D eigenvalue weighted by atomic mass is 35.5. The lowest BCUT2D eigenvalue weighted by Gasteiger charge is -2.38. The number of allylic oxidation sites excluding steroid dienone is 1. The van der Waals surface area contributed by atoms with Gasteiger partial charge in [0.1, 0.15) is 0 Å². The first-order chi connectivity index (χ1) is 14.9. The predicted octanol–water partition coefficient (Wildman–Crippen LogP) is 4.88. The molecular formula is C23H26ClN3O3S. The summed E-state index contributed by atoms with van der Waals surface area (Å²) in [4.78, 5) is 34.5. The van der Waals surface area contributed by atoms with Crippen molar-refractivity contribution < 1.29 is 14.3 Å². The molecule has 3 aliphatic rings. The van der Waals surface area contributed by atoms with E-state index in [1.54, 1.807) is 12.1 Å². The molecule has 2 atom stereocenters. The van der Waals surface area contributed by atoms with Gasteiger partial charge in [-0.15, -0.1) is 0 Å². The van der Waals surface area contributed by atoms with E-state index in [-0.39, 0.29) is 18.4 Å². The summed E-state index contributed by atoms with van der Waals surface area (Å²) in [6, 6.07) is 7.25. The van der Waals surface area contributed by atoms with Gasteiger partial charge in [0.25, 0.3) is 0 Å². The summed E-state index contributed by atoms with van der Waals surface area (Å²) in [5, 5.41) is 3.36. The summed E-state index contributed by atoms with van der Waals surface area (Å²) < 4.78 is 5.09. The minimum absolute atomic E-state index is 0.112. The molecule has 0 aromatic heterocycles. The largest absolute Gasteiger partial charge is 0.466 e. The molecule has 1 amide bonds. The van der Waals surface area contributed by atoms with Crippen LogP contribution >= 0.6 is 23.4 Å². The number of nitrogens with zero attached hydrogens (tertiary/aromatic N) is 3. The van der Waals surface area contributed by atoms with E-state index in [0.29, 0.717) is 16.3 Å². The van der Waals surface area contributed by atoms with E-state index in [4.69, 9.17) is 16.3 Å². The summed E-state index contributed by atoms with van der Waals surface area (Å²) in [6.07, 6.45) is 3.52. The number of benzene rings is 1. The zero-order chi connectivity index (χ0) is 22.1. The van der Waals surface area contributed by atoms with Crippen LogP contribution < -0.4 is 0 Å². The second-order valence-electron chi connectivity index (χ2n) is 8.04. The third-order valence-corrected chi connectivity index (χ3v) is 7.19. The number of likely N-dealkylation sites (tertiary alicyclic amines) is 1. The smallest absolute Gasteiger partial charge is 0.338 e. The second-order valence-corrected chi connectivity index (χ2v) is 9.32. The second kappa shape index (κ2) is 9.09. The molecule has 0 radical (unpaired) electrons. The van der Waals surface area contributed by atoms with Crippen LogP contribution in [0, 0.1) is 0 Å². The van der Waals surface area contributed by atoms with Crippen molar-refractivity contribution >= 4 is 40.4 Å². The standard InChI is InChI=1S/C23H26ClN3O3S/c1-14-6-4-5-11-26(14)19(28)12-18-13-31-23-25-15(2)20(22(29)30-3)21(27(18)23)16-7-9-17(24)10-8-16/h7-10,13-14,21H,4-6,11-12H2,1-3H3. The summed E-state index contributed by atoms with van der Waals surface area (Å²) in [6.45, 7) is 4.73. The van der Waals surface area contributed by atoms with E-state index in [0.717, 1.165) is 42.2 Å². The number of halogens is 1. The first-order valence-electron chi connectivity index (χ1n) is 10.5. The van der Waals surface area contributed by atoms with Gasteiger partial charge >= 0.3 is 5.97 Å². The third-order valence-electron chi connectivity index (χ3n) is 6.05. The Morgan fingerprint density at radius 1 is 1.26 bits per heavy atom. The maximum atomic E-state index is 13.2. The van der Waals surface area contributed by atoms with Crippen LogP contribution in [0.4, 0.5) is 0 Å². The number of amides is 1. The number of rotatable bonds is 4. The van der Waals surface area contributed by atoms with Crippen LogP contribution in [-0.2, 0) is 14.3 Å². The van der Waals surface area contributed by atoms with Gasteiger partial charge in [0.05, 0.1) is 30.8 Å². The Kier molecular flexibility index (Phi) is 6.44. The maximum Gasteiger partial charge on any atom is 0.338 e. The van der Waals surface area contributed by atoms with E-state index in [1.807, 2.05) is 34.3 Å². The predicted molar refractivity (Wildman–Crippen MR) is 124 cm³/mol. The average Bonchev–Trinajstić information content (AvgIpc) is 3.15. The van der Waals surface area contributed by atoms with Crippen LogP contribution in [0.2, 0.25) is 5.02 Å². The molecule has 2 unspecified atom stereocenters. The SMILES string of the molecule is COC(=O)C1=C(C)N=C2SC=C(CC(=O)N3CCCCC3C)N2C1c1ccc(Cl)cc1. The van der Waals surface area contributed by atoms with Gasteiger partial charge in [-0.1, -0.05) is 35.5 Å². The van der Waals surface area contributed by atoms with Crippen LogP contribution in [0.15, 0.2) is 51.6 Å². The fraction of sp³-hybridized carbons (Fsp3) is 0.435. The fourth-order valence-corrected chi connectivity index (χ4v) is 5.52. The Morgan fingerprint density at radius 3 is 2.68 bits per heavy atom. The number of hydrogen-bond donors (Lipinski definition) is 0. The van der Waals surface area contributed by atoms with Crippen molar-refractivity contribution in [3.8, 4) is 0 Å². The fourth-order valence-electron chi connectivity index (χ4n) is 4.43. The van der Waals surface area contributed by atoms with E-state index in [9.17, 15) is 9.59 Å². The van der Waals surface area contributed by atoms with Gasteiger partial charge in [-0.05, 0) is 56.2 Å². The van der Waals surface area contributed by atoms with Crippen molar-refractivity contribution in [2.24, 2.45) is 4.99 Å². The Morgan fingerprint density at radius 2 is 2.00 bits per heavy atom. The Hall–Kier alpha value is -2.25. The lowest BCUT2D eigenvalue weighted by Crippen LogP contribution is -2.43. The molecule has 1 aromatic carbocycles. The monoisotopic (exact) mass is 459 g/mol. The first kappa shape index (κ1) is 22.0. The Bertz CT molecular complexity index is 986. The van der Waals surface area contributed by atoms with Crippen molar-refractivity contribution in [3.63, 3.8) is 0 Å². The van der Waals surface area contributed by atoms with Crippen LogP contribution in [0.5, 0.6) is 0 Å². The number of fused-ring (bicyclic) bond motifs is 1. The van der Waals surface area contributed by atoms with Gasteiger partial charge in [0.2, 0.25) is 5.91 Å². The highest BCUT2D eigenvalue weighted by Gasteiger charge is 2.41. The van der Waals surface area contributed by atoms with Crippen LogP contribution in [0.25, 0.3) is 0 Å². The van der Waals surface area contributed by atoms with E-state index in [2.05, 4.69) is 11.9 Å². The zero-order valence-electron chi connectivity index (χ0n) is 17.9. The average molecular weight is 460 g/mol. The van der Waals surface area contributed by atoms with Gasteiger partial charge in [-0.2, -0.15) is 0 Å². The number of ether oxygens (including phenoxy) is 1. The van der Waals surface area contributed by atoms with E-state index >= 15 is 0 Å². The molecule has 1 saturated heterocycles. The zero-order valence-corrected chi connectivity index (χ0v) is 19.5. The van der Waals surface area contributed by atoms with Gasteiger partial charge in [-0.25, -0.2) is 9.79 Å². The number of hydrogen-bond acceptors (Lipinski definition) is 6. The number of piperidine rings is 1. The molecule has 3 aliphatic heterocycles. The quantitative estimate of drug-likeness (QED) is 0.600. The summed E-state index contributed by atoms with van der Waals surface area (Å²) in [5.74, 6) is -0.312. The van der Waals surface area contributed by atoms with Crippen molar-refractivity contribution in [1.82, 2.24) is 9.80 Å². The molecule has 0 bridgehead atoms. The number of esters is 1. The number of methoxy groups -OCH3 is 1. The molecule has 1 fully saturated rings. The minimum Gasteiger partial charge on any atom is -0.466 e. The number of carbonyl (C=O) groups excluding carboxylic acids is 2. The molecule has 0 saturated carbocycles. The molecular weight excluding hydrogens is 434 g/mol. The molecule has 4 rings (SSSR count). The molecule has 0 spiro atoms. The molecule has 8 heteroatoms. The highest BCUT2D eigenvalue weighted by Crippen LogP contribution is 2.45. The molecule has 31 heavy (non-hydrogen) atoms. The van der Waals surface area contributed by atoms with Crippen molar-refractivity contribution in [2.75, 3.05) is 13.7 Å². The number of carbonyl (C=O) groups is 2. The van der Waals surface area contributed by atoms with Crippen molar-refractivity contribution in [3.05, 3.63) is 57.2 Å². The highest BCUT2D eigenvalue weighted by molar-refractivity contribution is 8.16. The molecule has 3 heterocycles. The van der Waals surface area contributed by atoms with Crippen LogP contribution in [-0.4, -0.2) is 46.5 Å². The molecule has 164 valence electrons. The molecule has 1 aromatic rings. The summed E-state index contributed by atoms with van der Waals surface area (Å²) in [7, 11) is 1.37. The summed E-state index contributed by atoms with van der Waals surface area (Å²) >= 11 is 7.59. The number of aliphatic imine (C=N–C) groups is 1. The van der Waals surface area contributed by atoms with E-state index < -0.39 is 12.0 Å².